The molecule has 2 aliphatic heterocycles. The largest absolute Gasteiger partial charge is 0.291 e. The minimum absolute atomic E-state index is 0.396. The highest BCUT2D eigenvalue weighted by Gasteiger charge is 2.44. The summed E-state index contributed by atoms with van der Waals surface area (Å²) >= 11 is 0. The van der Waals surface area contributed by atoms with Gasteiger partial charge in [0.25, 0.3) is 0 Å². The van der Waals surface area contributed by atoms with Gasteiger partial charge >= 0.3 is 0 Å². The Morgan fingerprint density at radius 3 is 0.913 bits per heavy atom. The molecule has 0 fully saturated rings. The summed E-state index contributed by atoms with van der Waals surface area (Å²) in [7, 11) is 0. The zero-order valence-electron chi connectivity index (χ0n) is 24.4. The molecule has 0 amide bonds. The van der Waals surface area contributed by atoms with Gasteiger partial charge in [0, 0.05) is 22.7 Å². The molecule has 0 aliphatic carbocycles. The van der Waals surface area contributed by atoms with Gasteiger partial charge in [-0.1, -0.05) is 25.3 Å². The van der Waals surface area contributed by atoms with E-state index >= 15 is 0 Å². The number of benzene rings is 5. The molecule has 0 aromatic heterocycles. The number of nitrogens with zero attached hydrogens (tertiary/aromatic N) is 4. The summed E-state index contributed by atoms with van der Waals surface area (Å²) in [6.07, 6.45) is 3.36. The predicted molar refractivity (Wildman–Crippen MR) is 176 cm³/mol. The summed E-state index contributed by atoms with van der Waals surface area (Å²) in [5, 5.41) is 0. The number of fused-ring (bicyclic) bond motifs is 1. The van der Waals surface area contributed by atoms with Crippen LogP contribution in [0.15, 0.2) is 170 Å². The van der Waals surface area contributed by atoms with Crippen LogP contribution in [0.1, 0.15) is 0 Å². The van der Waals surface area contributed by atoms with Gasteiger partial charge in [-0.05, 0) is 121 Å². The van der Waals surface area contributed by atoms with Crippen molar-refractivity contribution in [3.05, 3.63) is 193 Å². The minimum Gasteiger partial charge on any atom is -0.291 e. The van der Waals surface area contributed by atoms with Crippen LogP contribution in [0.3, 0.4) is 0 Å². The highest BCUT2D eigenvalue weighted by atomic mass is 19.1. The standard InChI is InChI=1S/C38H26F4N4/c1-3-33-34(4-2)44(30-19-11-26(40)12-20-30)37(43(33)29-17-9-25(39)10-18-29)38-45(31-21-13-27(41)14-22-31)35-7-5-6-8-36(35)46(38)32-23-15-28(42)16-24-32/h3-24H,1-2H2. The van der Waals surface area contributed by atoms with Crippen molar-refractivity contribution in [3.63, 3.8) is 0 Å². The Morgan fingerprint density at radius 1 is 0.370 bits per heavy atom. The van der Waals surface area contributed by atoms with Crippen LogP contribution < -0.4 is 19.6 Å². The van der Waals surface area contributed by atoms with E-state index < -0.39 is 23.3 Å². The lowest BCUT2D eigenvalue weighted by Gasteiger charge is -2.35. The molecule has 46 heavy (non-hydrogen) atoms. The Balaban J connectivity index is 1.64. The first-order valence-electron chi connectivity index (χ1n) is 14.4. The fourth-order valence-corrected chi connectivity index (χ4v) is 5.93. The van der Waals surface area contributed by atoms with Gasteiger partial charge in [0.2, 0.25) is 0 Å². The van der Waals surface area contributed by atoms with Crippen LogP contribution in [0.4, 0.5) is 51.7 Å². The third-order valence-corrected chi connectivity index (χ3v) is 7.88. The topological polar surface area (TPSA) is 13.0 Å². The van der Waals surface area contributed by atoms with E-state index in [-0.39, 0.29) is 0 Å². The first kappa shape index (κ1) is 28.7. The van der Waals surface area contributed by atoms with Crippen LogP contribution >= 0.6 is 0 Å². The van der Waals surface area contributed by atoms with E-state index in [9.17, 15) is 17.6 Å². The molecule has 8 heteroatoms. The van der Waals surface area contributed by atoms with Gasteiger partial charge in [0.05, 0.1) is 22.8 Å². The SMILES string of the molecule is C=CC1=C(C=C)N(c2ccc(F)cc2)C(=C2N(c3ccc(F)cc3)c3ccccc3N2c2ccc(F)cc2)N1c1ccc(F)cc1. The van der Waals surface area contributed by atoms with Crippen LogP contribution in [-0.2, 0) is 0 Å². The quantitative estimate of drug-likeness (QED) is 0.177. The summed E-state index contributed by atoms with van der Waals surface area (Å²) in [4.78, 5) is 7.79. The van der Waals surface area contributed by atoms with Crippen molar-refractivity contribution in [1.82, 2.24) is 0 Å². The average Bonchev–Trinajstić information content (AvgIpc) is 3.59. The maximum Gasteiger partial charge on any atom is 0.166 e. The second-order valence-electron chi connectivity index (χ2n) is 10.6. The third kappa shape index (κ3) is 4.71. The molecule has 5 aromatic carbocycles. The van der Waals surface area contributed by atoms with Gasteiger partial charge in [-0.2, -0.15) is 0 Å². The molecule has 0 radical (unpaired) electrons. The molecule has 0 saturated heterocycles. The summed E-state index contributed by atoms with van der Waals surface area (Å²) < 4.78 is 57.1. The monoisotopic (exact) mass is 614 g/mol. The van der Waals surface area contributed by atoms with E-state index in [0.717, 1.165) is 11.4 Å². The maximum absolute atomic E-state index is 14.3. The van der Waals surface area contributed by atoms with Crippen LogP contribution in [0.5, 0.6) is 0 Å². The number of hydrogen-bond donors (Lipinski definition) is 0. The second kappa shape index (κ2) is 11.5. The van der Waals surface area contributed by atoms with Crippen molar-refractivity contribution in [2.45, 2.75) is 0 Å². The fraction of sp³-hybridized carbons (Fsp3) is 0. The smallest absolute Gasteiger partial charge is 0.166 e. The van der Waals surface area contributed by atoms with E-state index in [0.29, 0.717) is 45.8 Å². The van der Waals surface area contributed by atoms with Crippen molar-refractivity contribution in [2.24, 2.45) is 0 Å². The number of anilines is 6. The molecule has 7 rings (SSSR count). The Morgan fingerprint density at radius 2 is 0.630 bits per heavy atom. The molecule has 0 N–H and O–H groups in total. The average molecular weight is 615 g/mol. The Hall–Kier alpha value is -6.02. The Labute approximate surface area is 264 Å². The molecule has 0 bridgehead atoms. The highest BCUT2D eigenvalue weighted by Crippen LogP contribution is 2.54. The van der Waals surface area contributed by atoms with Crippen molar-refractivity contribution < 1.29 is 17.6 Å². The summed E-state index contributed by atoms with van der Waals surface area (Å²) in [6, 6.07) is 32.0. The Kier molecular flexibility index (Phi) is 7.17. The molecule has 0 unspecified atom stereocenters. The lowest BCUT2D eigenvalue weighted by atomic mass is 10.2. The lowest BCUT2D eigenvalue weighted by molar-refractivity contribution is 0.627. The summed E-state index contributed by atoms with van der Waals surface area (Å²) in [5.74, 6) is -0.485. The minimum atomic E-state index is -0.408. The maximum atomic E-state index is 14.3. The molecule has 226 valence electrons. The normalized spacial score (nSPS) is 14.3. The molecule has 2 aliphatic rings. The zero-order chi connectivity index (χ0) is 31.9. The number of halogens is 4. The van der Waals surface area contributed by atoms with Crippen molar-refractivity contribution in [3.8, 4) is 0 Å². The Bertz CT molecular complexity index is 1870. The third-order valence-electron chi connectivity index (χ3n) is 7.88. The van der Waals surface area contributed by atoms with Crippen LogP contribution in [-0.4, -0.2) is 0 Å². The van der Waals surface area contributed by atoms with Gasteiger partial charge in [0.15, 0.2) is 11.6 Å². The van der Waals surface area contributed by atoms with Gasteiger partial charge in [0.1, 0.15) is 23.3 Å². The zero-order valence-corrected chi connectivity index (χ0v) is 24.4. The molecule has 4 nitrogen and oxygen atoms in total. The number of rotatable bonds is 6. The van der Waals surface area contributed by atoms with E-state index in [1.54, 1.807) is 60.7 Å². The molecule has 2 heterocycles. The van der Waals surface area contributed by atoms with Gasteiger partial charge in [-0.25, -0.2) is 17.6 Å². The lowest BCUT2D eigenvalue weighted by Crippen LogP contribution is -2.35. The van der Waals surface area contributed by atoms with E-state index in [1.165, 1.54) is 48.5 Å². The summed E-state index contributed by atoms with van der Waals surface area (Å²) in [5.41, 5.74) is 5.30. The fourth-order valence-electron chi connectivity index (χ4n) is 5.93. The first-order valence-corrected chi connectivity index (χ1v) is 14.4. The number of hydrogen-bond acceptors (Lipinski definition) is 4. The van der Waals surface area contributed by atoms with Gasteiger partial charge in [-0.15, -0.1) is 0 Å². The number of para-hydroxylation sites is 2. The van der Waals surface area contributed by atoms with Crippen molar-refractivity contribution >= 4 is 34.1 Å². The molecular formula is C38H26F4N4. The van der Waals surface area contributed by atoms with Gasteiger partial charge < -0.3 is 0 Å². The van der Waals surface area contributed by atoms with E-state index in [2.05, 4.69) is 13.2 Å². The van der Waals surface area contributed by atoms with Crippen LogP contribution in [0.2, 0.25) is 0 Å². The van der Waals surface area contributed by atoms with E-state index in [1.807, 2.05) is 43.9 Å². The molecule has 0 atom stereocenters. The molecule has 0 spiro atoms. The number of allylic oxidation sites excluding steroid dienone is 2. The van der Waals surface area contributed by atoms with Crippen LogP contribution in [0.25, 0.3) is 0 Å². The first-order chi connectivity index (χ1) is 22.4. The molecule has 5 aromatic rings. The highest BCUT2D eigenvalue weighted by molar-refractivity contribution is 5.95. The summed E-state index contributed by atoms with van der Waals surface area (Å²) in [6.45, 7) is 8.22. The van der Waals surface area contributed by atoms with Crippen molar-refractivity contribution in [1.29, 1.82) is 0 Å². The van der Waals surface area contributed by atoms with Crippen LogP contribution in [0, 0.1) is 23.3 Å². The molecule has 0 saturated carbocycles. The predicted octanol–water partition coefficient (Wildman–Crippen LogP) is 10.3. The second-order valence-corrected chi connectivity index (χ2v) is 10.6. The van der Waals surface area contributed by atoms with Gasteiger partial charge in [-0.3, -0.25) is 19.6 Å². The van der Waals surface area contributed by atoms with Crippen molar-refractivity contribution in [2.75, 3.05) is 19.6 Å². The molecular weight excluding hydrogens is 588 g/mol. The van der Waals surface area contributed by atoms with E-state index in [4.69, 9.17) is 0 Å².